The van der Waals surface area contributed by atoms with Gasteiger partial charge in [-0.05, 0) is 11.6 Å². The first-order valence-corrected chi connectivity index (χ1v) is 7.15. The highest BCUT2D eigenvalue weighted by Gasteiger charge is 2.21. The summed E-state index contributed by atoms with van der Waals surface area (Å²) in [6, 6.07) is 6.17. The van der Waals surface area contributed by atoms with Crippen molar-refractivity contribution in [3.05, 3.63) is 35.4 Å². The summed E-state index contributed by atoms with van der Waals surface area (Å²) in [7, 11) is -1.37. The van der Waals surface area contributed by atoms with Crippen molar-refractivity contribution in [1.29, 1.82) is 0 Å². The summed E-state index contributed by atoms with van der Waals surface area (Å²) < 4.78 is 32.4. The highest BCUT2D eigenvalue weighted by molar-refractivity contribution is 7.91. The Kier molecular flexibility index (Phi) is 5.05. The predicted octanol–water partition coefficient (Wildman–Crippen LogP) is 0.561. The zero-order chi connectivity index (χ0) is 14.5. The standard InChI is InChI=1S/C12H14O6S/c1-17-11(13)8-19(15,16)7-9-5-3-4-6-10(9)12(14)18-2/h3-6H,7-8H2,1-2H3. The Bertz CT molecular complexity index is 576. The maximum Gasteiger partial charge on any atom is 0.338 e. The van der Waals surface area contributed by atoms with Crippen LogP contribution < -0.4 is 0 Å². The Balaban J connectivity index is 3.00. The van der Waals surface area contributed by atoms with Crippen LogP contribution in [-0.2, 0) is 29.9 Å². The third-order valence-electron chi connectivity index (χ3n) is 2.36. The number of esters is 2. The maximum atomic E-state index is 11.8. The van der Waals surface area contributed by atoms with Gasteiger partial charge in [0.15, 0.2) is 9.84 Å². The van der Waals surface area contributed by atoms with Crippen molar-refractivity contribution in [2.24, 2.45) is 0 Å². The molecule has 0 heterocycles. The van der Waals surface area contributed by atoms with Gasteiger partial charge in [0, 0.05) is 0 Å². The number of sulfone groups is 1. The van der Waals surface area contributed by atoms with E-state index in [1.165, 1.54) is 19.2 Å². The second kappa shape index (κ2) is 6.33. The summed E-state index contributed by atoms with van der Waals surface area (Å²) in [4.78, 5) is 22.5. The van der Waals surface area contributed by atoms with Gasteiger partial charge < -0.3 is 9.47 Å². The fourth-order valence-corrected chi connectivity index (χ4v) is 2.79. The van der Waals surface area contributed by atoms with Gasteiger partial charge in [-0.1, -0.05) is 18.2 Å². The van der Waals surface area contributed by atoms with Crippen LogP contribution in [0.2, 0.25) is 0 Å². The fourth-order valence-electron chi connectivity index (χ4n) is 1.48. The van der Waals surface area contributed by atoms with Crippen molar-refractivity contribution < 1.29 is 27.5 Å². The molecule has 1 rings (SSSR count). The number of hydrogen-bond acceptors (Lipinski definition) is 6. The maximum absolute atomic E-state index is 11.8. The van der Waals surface area contributed by atoms with Gasteiger partial charge in [0.05, 0.1) is 25.5 Å². The zero-order valence-electron chi connectivity index (χ0n) is 10.6. The molecule has 104 valence electrons. The van der Waals surface area contributed by atoms with Crippen LogP contribution in [0.3, 0.4) is 0 Å². The molecule has 0 fully saturated rings. The number of benzene rings is 1. The number of rotatable bonds is 5. The van der Waals surface area contributed by atoms with E-state index in [9.17, 15) is 18.0 Å². The summed E-state index contributed by atoms with van der Waals surface area (Å²) in [5, 5.41) is 0. The number of carbonyl (C=O) groups excluding carboxylic acids is 2. The molecule has 0 amide bonds. The number of carbonyl (C=O) groups is 2. The second-order valence-electron chi connectivity index (χ2n) is 3.76. The second-order valence-corrected chi connectivity index (χ2v) is 5.82. The normalized spacial score (nSPS) is 10.8. The largest absolute Gasteiger partial charge is 0.468 e. The Morgan fingerprint density at radius 2 is 1.74 bits per heavy atom. The van der Waals surface area contributed by atoms with E-state index in [0.29, 0.717) is 5.56 Å². The molecule has 0 atom stereocenters. The Labute approximate surface area is 111 Å². The van der Waals surface area contributed by atoms with E-state index in [2.05, 4.69) is 9.47 Å². The minimum absolute atomic E-state index is 0.165. The molecule has 0 radical (unpaired) electrons. The van der Waals surface area contributed by atoms with E-state index < -0.39 is 33.3 Å². The highest BCUT2D eigenvalue weighted by Crippen LogP contribution is 2.14. The van der Waals surface area contributed by atoms with Crippen molar-refractivity contribution in [2.75, 3.05) is 20.0 Å². The molecule has 0 saturated carbocycles. The van der Waals surface area contributed by atoms with E-state index in [1.54, 1.807) is 12.1 Å². The number of hydrogen-bond donors (Lipinski definition) is 0. The summed E-state index contributed by atoms with van der Waals surface area (Å²) in [5.41, 5.74) is 0.455. The van der Waals surface area contributed by atoms with Gasteiger partial charge in [-0.15, -0.1) is 0 Å². The molecular formula is C12H14O6S. The summed E-state index contributed by atoms with van der Waals surface area (Å²) in [6.45, 7) is 0. The van der Waals surface area contributed by atoms with Crippen molar-refractivity contribution in [3.8, 4) is 0 Å². The van der Waals surface area contributed by atoms with E-state index in [0.717, 1.165) is 7.11 Å². The average Bonchev–Trinajstić information content (AvgIpc) is 2.37. The molecule has 0 saturated heterocycles. The first kappa shape index (κ1) is 15.2. The Morgan fingerprint density at radius 3 is 2.32 bits per heavy atom. The van der Waals surface area contributed by atoms with E-state index in [-0.39, 0.29) is 5.56 Å². The molecule has 7 heteroatoms. The molecule has 0 spiro atoms. The van der Waals surface area contributed by atoms with Crippen LogP contribution in [0.15, 0.2) is 24.3 Å². The zero-order valence-corrected chi connectivity index (χ0v) is 11.4. The smallest absolute Gasteiger partial charge is 0.338 e. The molecule has 0 unspecified atom stereocenters. The van der Waals surface area contributed by atoms with Crippen LogP contribution in [0.4, 0.5) is 0 Å². The van der Waals surface area contributed by atoms with Crippen LogP contribution in [0.25, 0.3) is 0 Å². The molecular weight excluding hydrogens is 272 g/mol. The van der Waals surface area contributed by atoms with E-state index in [1.807, 2.05) is 0 Å². The lowest BCUT2D eigenvalue weighted by Crippen LogP contribution is -2.20. The summed E-state index contributed by atoms with van der Waals surface area (Å²) >= 11 is 0. The minimum Gasteiger partial charge on any atom is -0.468 e. The monoisotopic (exact) mass is 286 g/mol. The quantitative estimate of drug-likeness (QED) is 0.735. The first-order chi connectivity index (χ1) is 8.89. The van der Waals surface area contributed by atoms with Crippen LogP contribution in [0, 0.1) is 0 Å². The van der Waals surface area contributed by atoms with Crippen LogP contribution in [0.5, 0.6) is 0 Å². The lowest BCUT2D eigenvalue weighted by molar-refractivity contribution is -0.137. The number of methoxy groups -OCH3 is 2. The lowest BCUT2D eigenvalue weighted by Gasteiger charge is -2.08. The van der Waals surface area contributed by atoms with Crippen molar-refractivity contribution in [2.45, 2.75) is 5.75 Å². The Hall–Kier alpha value is -1.89. The SMILES string of the molecule is COC(=O)CS(=O)(=O)Cc1ccccc1C(=O)OC. The van der Waals surface area contributed by atoms with Gasteiger partial charge in [-0.3, -0.25) is 4.79 Å². The van der Waals surface area contributed by atoms with Gasteiger partial charge in [-0.2, -0.15) is 0 Å². The predicted molar refractivity (Wildman–Crippen MR) is 67.3 cm³/mol. The minimum atomic E-state index is -3.69. The van der Waals surface area contributed by atoms with Gasteiger partial charge in [0.2, 0.25) is 0 Å². The topological polar surface area (TPSA) is 86.7 Å². The summed E-state index contributed by atoms with van der Waals surface area (Å²) in [5.74, 6) is -2.61. The fraction of sp³-hybridized carbons (Fsp3) is 0.333. The molecule has 6 nitrogen and oxygen atoms in total. The van der Waals surface area contributed by atoms with Gasteiger partial charge in [0.1, 0.15) is 5.75 Å². The van der Waals surface area contributed by atoms with Crippen molar-refractivity contribution >= 4 is 21.8 Å². The molecule has 0 aliphatic heterocycles. The van der Waals surface area contributed by atoms with E-state index >= 15 is 0 Å². The molecule has 19 heavy (non-hydrogen) atoms. The average molecular weight is 286 g/mol. The van der Waals surface area contributed by atoms with Crippen LogP contribution in [0.1, 0.15) is 15.9 Å². The van der Waals surface area contributed by atoms with Crippen LogP contribution in [-0.4, -0.2) is 40.3 Å². The van der Waals surface area contributed by atoms with Gasteiger partial charge in [-0.25, -0.2) is 13.2 Å². The molecule has 0 bridgehead atoms. The molecule has 0 aliphatic rings. The third-order valence-corrected chi connectivity index (χ3v) is 3.79. The van der Waals surface area contributed by atoms with Gasteiger partial charge in [0.25, 0.3) is 0 Å². The van der Waals surface area contributed by atoms with Crippen LogP contribution >= 0.6 is 0 Å². The Morgan fingerprint density at radius 1 is 1.11 bits per heavy atom. The molecule has 0 N–H and O–H groups in total. The molecule has 1 aromatic rings. The molecule has 1 aromatic carbocycles. The first-order valence-electron chi connectivity index (χ1n) is 5.33. The summed E-state index contributed by atoms with van der Waals surface area (Å²) in [6.07, 6.45) is 0. The molecule has 0 aliphatic carbocycles. The lowest BCUT2D eigenvalue weighted by atomic mass is 10.1. The van der Waals surface area contributed by atoms with Crippen molar-refractivity contribution in [3.63, 3.8) is 0 Å². The highest BCUT2D eigenvalue weighted by atomic mass is 32.2. The van der Waals surface area contributed by atoms with E-state index in [4.69, 9.17) is 0 Å². The number of ether oxygens (including phenoxy) is 2. The molecule has 0 aromatic heterocycles. The van der Waals surface area contributed by atoms with Crippen molar-refractivity contribution in [1.82, 2.24) is 0 Å². The third kappa shape index (κ3) is 4.36. The van der Waals surface area contributed by atoms with Gasteiger partial charge >= 0.3 is 11.9 Å².